The summed E-state index contributed by atoms with van der Waals surface area (Å²) >= 11 is 1.50. The van der Waals surface area contributed by atoms with E-state index < -0.39 is 19.5 Å². The second kappa shape index (κ2) is 9.24. The number of H-pyrrole nitrogens is 1. The number of rotatable bonds is 8. The summed E-state index contributed by atoms with van der Waals surface area (Å²) < 4.78 is 65.3. The number of ether oxygens (including phenoxy) is 1. The molecular weight excluding hydrogens is 652 g/mol. The molecule has 0 aliphatic heterocycles. The van der Waals surface area contributed by atoms with E-state index in [-0.39, 0.29) is 40.7 Å². The van der Waals surface area contributed by atoms with Crippen molar-refractivity contribution in [3.05, 3.63) is 41.5 Å². The number of fused-ring (bicyclic) bond motifs is 1. The molecule has 1 aliphatic carbocycles. The maximum atomic E-state index is 14.6. The largest absolute Gasteiger partial charge is 0.492 e. The van der Waals surface area contributed by atoms with E-state index >= 15 is 0 Å². The Balaban J connectivity index is 1.76. The van der Waals surface area contributed by atoms with Gasteiger partial charge in [0.2, 0.25) is 0 Å². The number of aromatic nitrogens is 1. The SMILES string of the molecule is C=IC(C)(C)COc1ccc(NS(=O)(=O)c2c[nH]c3c2CCC(C(C)(F)I)C3)c(F)c1. The van der Waals surface area contributed by atoms with E-state index in [1.165, 1.54) is 31.3 Å². The minimum Gasteiger partial charge on any atom is -0.492 e. The monoisotopic (exact) mass is 678 g/mol. The maximum absolute atomic E-state index is 14.6. The molecule has 2 unspecified atom stereocenters. The molecule has 172 valence electrons. The van der Waals surface area contributed by atoms with Gasteiger partial charge in [-0.2, -0.15) is 0 Å². The molecule has 31 heavy (non-hydrogen) atoms. The molecule has 0 fully saturated rings. The number of alkyl halides is 3. The summed E-state index contributed by atoms with van der Waals surface area (Å²) in [4.78, 5) is 3.05. The molecule has 0 radical (unpaired) electrons. The average molecular weight is 678 g/mol. The number of hydrogen-bond donors (Lipinski definition) is 2. The first-order valence-electron chi connectivity index (χ1n) is 9.74. The van der Waals surface area contributed by atoms with Gasteiger partial charge in [0.15, 0.2) is 9.49 Å². The highest BCUT2D eigenvalue weighted by atomic mass is 127. The van der Waals surface area contributed by atoms with Gasteiger partial charge in [-0.05, 0) is 80.3 Å². The van der Waals surface area contributed by atoms with Gasteiger partial charge in [-0.1, -0.05) is 4.51 Å². The Morgan fingerprint density at radius 1 is 1.39 bits per heavy atom. The van der Waals surface area contributed by atoms with Crippen molar-refractivity contribution in [2.24, 2.45) is 5.92 Å². The van der Waals surface area contributed by atoms with Crippen LogP contribution in [-0.4, -0.2) is 31.6 Å². The number of anilines is 1. The second-order valence-electron chi connectivity index (χ2n) is 8.39. The fourth-order valence-electron chi connectivity index (χ4n) is 3.43. The van der Waals surface area contributed by atoms with Crippen LogP contribution < -0.4 is 9.46 Å². The summed E-state index contributed by atoms with van der Waals surface area (Å²) in [7, 11) is -4.00. The van der Waals surface area contributed by atoms with Crippen molar-refractivity contribution >= 4 is 63.5 Å². The normalized spacial score (nSPS) is 18.8. The first kappa shape index (κ1) is 24.9. The highest BCUT2D eigenvalue weighted by molar-refractivity contribution is 14.2. The van der Waals surface area contributed by atoms with Crippen LogP contribution in [0.2, 0.25) is 0 Å². The zero-order valence-corrected chi connectivity index (χ0v) is 22.7. The van der Waals surface area contributed by atoms with E-state index in [2.05, 4.69) is 14.2 Å². The molecule has 0 amide bonds. The predicted octanol–water partition coefficient (Wildman–Crippen LogP) is 5.74. The molecule has 1 aromatic heterocycles. The lowest BCUT2D eigenvalue weighted by Gasteiger charge is -2.29. The zero-order valence-electron chi connectivity index (χ0n) is 17.6. The van der Waals surface area contributed by atoms with E-state index in [0.717, 1.165) is 5.69 Å². The molecule has 2 atom stereocenters. The first-order chi connectivity index (χ1) is 14.3. The van der Waals surface area contributed by atoms with Crippen LogP contribution in [0.5, 0.6) is 5.75 Å². The molecule has 2 N–H and O–H groups in total. The van der Waals surface area contributed by atoms with Crippen LogP contribution in [0.25, 0.3) is 0 Å². The van der Waals surface area contributed by atoms with E-state index in [1.54, 1.807) is 22.6 Å². The fourth-order valence-corrected chi connectivity index (χ4v) is 5.67. The predicted molar refractivity (Wildman–Crippen MR) is 138 cm³/mol. The minimum absolute atomic E-state index is 0.0428. The Bertz CT molecular complexity index is 1080. The van der Waals surface area contributed by atoms with E-state index in [1.807, 2.05) is 13.8 Å². The van der Waals surface area contributed by atoms with Crippen molar-refractivity contribution in [2.45, 2.75) is 52.0 Å². The van der Waals surface area contributed by atoms with E-state index in [9.17, 15) is 17.2 Å². The van der Waals surface area contributed by atoms with Gasteiger partial charge >= 0.3 is 0 Å². The molecule has 0 bridgehead atoms. The summed E-state index contributed by atoms with van der Waals surface area (Å²) in [6, 6.07) is 4.07. The quantitative estimate of drug-likeness (QED) is 0.277. The molecule has 1 aromatic carbocycles. The lowest BCUT2D eigenvalue weighted by atomic mass is 9.85. The lowest BCUT2D eigenvalue weighted by Crippen LogP contribution is -2.29. The number of hydrogen-bond acceptors (Lipinski definition) is 3. The maximum Gasteiger partial charge on any atom is 0.263 e. The summed E-state index contributed by atoms with van der Waals surface area (Å²) in [5.41, 5.74) is 1.21. The van der Waals surface area contributed by atoms with Gasteiger partial charge in [-0.25, -0.2) is 17.2 Å². The molecule has 5 nitrogen and oxygen atoms in total. The van der Waals surface area contributed by atoms with Crippen molar-refractivity contribution in [1.82, 2.24) is 4.98 Å². The number of sulfonamides is 1. The highest BCUT2D eigenvalue weighted by Gasteiger charge is 2.36. The van der Waals surface area contributed by atoms with Crippen molar-refractivity contribution in [3.8, 4) is 5.75 Å². The van der Waals surface area contributed by atoms with E-state index in [0.29, 0.717) is 37.2 Å². The highest BCUT2D eigenvalue weighted by Crippen LogP contribution is 2.40. The molecule has 1 aliphatic rings. The lowest BCUT2D eigenvalue weighted by molar-refractivity contribution is 0.209. The van der Waals surface area contributed by atoms with Crippen molar-refractivity contribution < 1.29 is 21.9 Å². The van der Waals surface area contributed by atoms with Gasteiger partial charge in [0, 0.05) is 27.3 Å². The molecule has 3 rings (SSSR count). The molecule has 0 saturated heterocycles. The van der Waals surface area contributed by atoms with Crippen LogP contribution in [0.3, 0.4) is 0 Å². The molecule has 1 heterocycles. The van der Waals surface area contributed by atoms with Crippen LogP contribution in [0, 0.1) is 11.7 Å². The van der Waals surface area contributed by atoms with Gasteiger partial charge in [0.05, 0.1) is 5.69 Å². The third kappa shape index (κ3) is 5.98. The van der Waals surface area contributed by atoms with Crippen LogP contribution in [-0.2, 0) is 22.9 Å². The summed E-state index contributed by atoms with van der Waals surface area (Å²) in [6.07, 6.45) is 2.84. The third-order valence-electron chi connectivity index (χ3n) is 5.37. The zero-order chi connectivity index (χ0) is 23.0. The van der Waals surface area contributed by atoms with Crippen LogP contribution >= 0.6 is 43.3 Å². The second-order valence-corrected chi connectivity index (χ2v) is 15.8. The number of aromatic amines is 1. The summed E-state index contributed by atoms with van der Waals surface area (Å²) in [5.74, 6) is -0.571. The van der Waals surface area contributed by atoms with Gasteiger partial charge in [-0.3, -0.25) is 4.72 Å². The fraction of sp³-hybridized carbons (Fsp3) is 0.476. The number of benzene rings is 1. The first-order valence-corrected chi connectivity index (χ1v) is 14.9. The molecule has 0 saturated carbocycles. The Morgan fingerprint density at radius 2 is 2.10 bits per heavy atom. The Morgan fingerprint density at radius 3 is 2.71 bits per heavy atom. The Kier molecular flexibility index (Phi) is 7.41. The number of halogens is 4. The van der Waals surface area contributed by atoms with E-state index in [4.69, 9.17) is 4.74 Å². The van der Waals surface area contributed by atoms with Crippen molar-refractivity contribution in [2.75, 3.05) is 11.3 Å². The third-order valence-corrected chi connectivity index (χ3v) is 10.1. The van der Waals surface area contributed by atoms with Crippen LogP contribution in [0.15, 0.2) is 29.3 Å². The Hall–Kier alpha value is -0.760. The molecule has 10 heteroatoms. The van der Waals surface area contributed by atoms with Gasteiger partial charge in [0.1, 0.15) is 17.3 Å². The molecule has 2 aromatic rings. The minimum atomic E-state index is -4.00. The summed E-state index contributed by atoms with van der Waals surface area (Å²) in [5, 5.41) is 0. The molecular formula is C21H26F2I2N2O3S. The Labute approximate surface area is 205 Å². The van der Waals surface area contributed by atoms with Crippen LogP contribution in [0.4, 0.5) is 14.5 Å². The standard InChI is InChI=1S/C21H26F2I2N2O3S/c1-20(2,25-4)12-30-14-6-8-17(16(22)10-14)27-31(28,29)19-11-26-18-9-13(21(3,23)24)5-7-15(18)19/h6,8,10-11,13,26-27H,4-5,7,9,12H2,1-3H3. The van der Waals surface area contributed by atoms with Crippen LogP contribution in [0.1, 0.15) is 38.4 Å². The average Bonchev–Trinajstić information content (AvgIpc) is 3.12. The van der Waals surface area contributed by atoms with Crippen molar-refractivity contribution in [1.29, 1.82) is 0 Å². The molecule has 0 spiro atoms. The summed E-state index contributed by atoms with van der Waals surface area (Å²) in [6.45, 7) is 6.03. The van der Waals surface area contributed by atoms with Gasteiger partial charge < -0.3 is 9.72 Å². The van der Waals surface area contributed by atoms with Gasteiger partial charge in [-0.15, -0.1) is 20.7 Å². The van der Waals surface area contributed by atoms with Gasteiger partial charge in [0.25, 0.3) is 10.0 Å². The van der Waals surface area contributed by atoms with Crippen molar-refractivity contribution in [3.63, 3.8) is 0 Å². The topological polar surface area (TPSA) is 71.2 Å². The smallest absolute Gasteiger partial charge is 0.263 e. The number of nitrogens with one attached hydrogen (secondary N) is 2.